The summed E-state index contributed by atoms with van der Waals surface area (Å²) in [5, 5.41) is 15.2. The second-order valence-corrected chi connectivity index (χ2v) is 7.18. The third-order valence-corrected chi connectivity index (χ3v) is 5.05. The number of aliphatic hydroxyl groups excluding tert-OH is 1. The van der Waals surface area contributed by atoms with Crippen LogP contribution in [0.4, 0.5) is 5.69 Å². The molecule has 0 unspecified atom stereocenters. The zero-order valence-electron chi connectivity index (χ0n) is 17.3. The fourth-order valence-corrected chi connectivity index (χ4v) is 3.05. The first-order chi connectivity index (χ1) is 15.3. The Bertz CT molecular complexity index is 1210. The number of aryl methyl sites for hydroxylation is 1. The first kappa shape index (κ1) is 23.1. The molecule has 0 fully saturated rings. The summed E-state index contributed by atoms with van der Waals surface area (Å²) in [5.41, 5.74) is 0.626. The van der Waals surface area contributed by atoms with Crippen LogP contribution in [0.25, 0.3) is 11.0 Å². The SMILES string of the molecule is COc1cccc(NC(=O)[C@H](CO)NC(=O)COc2ccc3c(C)c(Cl)c(=O)oc3c2)c1. The van der Waals surface area contributed by atoms with E-state index in [1.807, 2.05) is 0 Å². The third kappa shape index (κ3) is 5.37. The predicted octanol–water partition coefficient (Wildman–Crippen LogP) is 2.26. The molecule has 3 rings (SSSR count). The number of halogens is 1. The van der Waals surface area contributed by atoms with E-state index in [1.54, 1.807) is 43.3 Å². The molecular formula is C22H21ClN2O7. The van der Waals surface area contributed by atoms with Crippen LogP contribution in [0.5, 0.6) is 11.5 Å². The van der Waals surface area contributed by atoms with Crippen molar-refractivity contribution in [1.29, 1.82) is 0 Å². The lowest BCUT2D eigenvalue weighted by molar-refractivity contribution is -0.128. The molecule has 0 saturated heterocycles. The largest absolute Gasteiger partial charge is 0.497 e. The Morgan fingerprint density at radius 1 is 1.19 bits per heavy atom. The normalized spacial score (nSPS) is 11.6. The zero-order valence-corrected chi connectivity index (χ0v) is 18.1. The Kier molecular flexibility index (Phi) is 7.34. The lowest BCUT2D eigenvalue weighted by Crippen LogP contribution is -2.47. The predicted molar refractivity (Wildman–Crippen MR) is 118 cm³/mol. The molecule has 10 heteroatoms. The van der Waals surface area contributed by atoms with Gasteiger partial charge in [0.1, 0.15) is 28.1 Å². The molecule has 32 heavy (non-hydrogen) atoms. The number of nitrogens with one attached hydrogen (secondary N) is 2. The Balaban J connectivity index is 1.60. The molecule has 1 atom stereocenters. The maximum Gasteiger partial charge on any atom is 0.355 e. The maximum atomic E-state index is 12.4. The van der Waals surface area contributed by atoms with Crippen molar-refractivity contribution in [3.05, 3.63) is 63.5 Å². The number of methoxy groups -OCH3 is 1. The number of carbonyl (C=O) groups excluding carboxylic acids is 2. The van der Waals surface area contributed by atoms with Crippen molar-refractivity contribution in [3.63, 3.8) is 0 Å². The Morgan fingerprint density at radius 3 is 2.69 bits per heavy atom. The number of benzene rings is 2. The molecule has 9 nitrogen and oxygen atoms in total. The lowest BCUT2D eigenvalue weighted by atomic mass is 10.1. The van der Waals surface area contributed by atoms with E-state index in [4.69, 9.17) is 25.5 Å². The van der Waals surface area contributed by atoms with E-state index in [9.17, 15) is 19.5 Å². The monoisotopic (exact) mass is 460 g/mol. The number of amides is 2. The van der Waals surface area contributed by atoms with Gasteiger partial charge < -0.3 is 29.6 Å². The highest BCUT2D eigenvalue weighted by atomic mass is 35.5. The summed E-state index contributed by atoms with van der Waals surface area (Å²) in [4.78, 5) is 36.3. The van der Waals surface area contributed by atoms with Gasteiger partial charge in [0.05, 0.1) is 13.7 Å². The average Bonchev–Trinajstić information content (AvgIpc) is 2.79. The molecule has 2 amide bonds. The molecule has 0 aliphatic heterocycles. The molecular weight excluding hydrogens is 440 g/mol. The van der Waals surface area contributed by atoms with Crippen LogP contribution in [0.3, 0.4) is 0 Å². The molecule has 0 bridgehead atoms. The van der Waals surface area contributed by atoms with E-state index >= 15 is 0 Å². The minimum atomic E-state index is -1.18. The first-order valence-corrected chi connectivity index (χ1v) is 9.91. The van der Waals surface area contributed by atoms with Gasteiger partial charge in [-0.2, -0.15) is 0 Å². The third-order valence-electron chi connectivity index (χ3n) is 4.61. The van der Waals surface area contributed by atoms with Gasteiger partial charge in [0.2, 0.25) is 5.91 Å². The highest BCUT2D eigenvalue weighted by molar-refractivity contribution is 6.31. The van der Waals surface area contributed by atoms with Crippen LogP contribution < -0.4 is 25.7 Å². The van der Waals surface area contributed by atoms with Crippen LogP contribution >= 0.6 is 11.6 Å². The average molecular weight is 461 g/mol. The van der Waals surface area contributed by atoms with Gasteiger partial charge in [0.15, 0.2) is 6.61 Å². The molecule has 3 aromatic rings. The number of hydrogen-bond donors (Lipinski definition) is 3. The number of ether oxygens (including phenoxy) is 2. The van der Waals surface area contributed by atoms with E-state index in [-0.39, 0.29) is 16.4 Å². The van der Waals surface area contributed by atoms with E-state index < -0.39 is 36.7 Å². The second kappa shape index (κ2) is 10.2. The number of rotatable bonds is 8. The lowest BCUT2D eigenvalue weighted by Gasteiger charge is -2.17. The summed E-state index contributed by atoms with van der Waals surface area (Å²) < 4.78 is 15.7. The molecule has 0 aliphatic carbocycles. The highest BCUT2D eigenvalue weighted by Gasteiger charge is 2.20. The van der Waals surface area contributed by atoms with E-state index in [0.29, 0.717) is 22.4 Å². The summed E-state index contributed by atoms with van der Waals surface area (Å²) in [6.45, 7) is 0.662. The van der Waals surface area contributed by atoms with Gasteiger partial charge in [-0.15, -0.1) is 0 Å². The Morgan fingerprint density at radius 2 is 1.97 bits per heavy atom. The standard InChI is InChI=1S/C22H21ClN2O7/c1-12-16-7-6-15(9-18(16)32-22(29)20(12)23)31-11-19(27)25-17(10-26)21(28)24-13-4-3-5-14(8-13)30-2/h3-9,17,26H,10-11H2,1-2H3,(H,24,28)(H,25,27)/t17-/m0/s1. The van der Waals surface area contributed by atoms with Crippen molar-refractivity contribution in [2.24, 2.45) is 0 Å². The van der Waals surface area contributed by atoms with Gasteiger partial charge in [-0.1, -0.05) is 17.7 Å². The van der Waals surface area contributed by atoms with Crippen molar-refractivity contribution in [1.82, 2.24) is 5.32 Å². The highest BCUT2D eigenvalue weighted by Crippen LogP contribution is 2.25. The summed E-state index contributed by atoms with van der Waals surface area (Å²) in [5.74, 6) is -0.406. The van der Waals surface area contributed by atoms with Gasteiger partial charge in [-0.25, -0.2) is 4.79 Å². The van der Waals surface area contributed by atoms with Crippen molar-refractivity contribution >= 4 is 40.1 Å². The topological polar surface area (TPSA) is 127 Å². The van der Waals surface area contributed by atoms with Gasteiger partial charge in [-0.05, 0) is 36.8 Å². The summed E-state index contributed by atoms with van der Waals surface area (Å²) >= 11 is 5.90. The van der Waals surface area contributed by atoms with Crippen LogP contribution in [0, 0.1) is 6.92 Å². The van der Waals surface area contributed by atoms with Crippen molar-refractivity contribution in [2.45, 2.75) is 13.0 Å². The van der Waals surface area contributed by atoms with Crippen LogP contribution in [0.1, 0.15) is 5.56 Å². The van der Waals surface area contributed by atoms with Crippen molar-refractivity contribution in [2.75, 3.05) is 25.6 Å². The van der Waals surface area contributed by atoms with Gasteiger partial charge in [0.25, 0.3) is 5.91 Å². The van der Waals surface area contributed by atoms with Crippen molar-refractivity contribution < 1.29 is 28.6 Å². The van der Waals surface area contributed by atoms with Crippen molar-refractivity contribution in [3.8, 4) is 11.5 Å². The summed E-state index contributed by atoms with van der Waals surface area (Å²) in [7, 11) is 1.50. The van der Waals surface area contributed by atoms with Gasteiger partial charge in [-0.3, -0.25) is 9.59 Å². The molecule has 0 aliphatic rings. The number of carbonyl (C=O) groups is 2. The van der Waals surface area contributed by atoms with Crippen LogP contribution in [0.15, 0.2) is 51.7 Å². The van der Waals surface area contributed by atoms with Crippen LogP contribution in [0.2, 0.25) is 5.02 Å². The number of fused-ring (bicyclic) bond motifs is 1. The zero-order chi connectivity index (χ0) is 23.3. The summed E-state index contributed by atoms with van der Waals surface area (Å²) in [6, 6.07) is 10.2. The molecule has 168 valence electrons. The molecule has 2 aromatic carbocycles. The first-order valence-electron chi connectivity index (χ1n) is 9.53. The Labute approximate surface area is 187 Å². The summed E-state index contributed by atoms with van der Waals surface area (Å²) in [6.07, 6.45) is 0. The number of anilines is 1. The fourth-order valence-electron chi connectivity index (χ4n) is 2.91. The molecule has 0 radical (unpaired) electrons. The fraction of sp³-hybridized carbons (Fsp3) is 0.227. The minimum absolute atomic E-state index is 0.00724. The minimum Gasteiger partial charge on any atom is -0.497 e. The maximum absolute atomic E-state index is 12.4. The van der Waals surface area contributed by atoms with Gasteiger partial charge >= 0.3 is 5.63 Å². The molecule has 3 N–H and O–H groups in total. The molecule has 1 aromatic heterocycles. The van der Waals surface area contributed by atoms with Gasteiger partial charge in [0, 0.05) is 23.2 Å². The number of hydrogen-bond acceptors (Lipinski definition) is 7. The van der Waals surface area contributed by atoms with Crippen LogP contribution in [-0.2, 0) is 9.59 Å². The van der Waals surface area contributed by atoms with E-state index in [1.165, 1.54) is 13.2 Å². The molecule has 0 saturated carbocycles. The number of aliphatic hydroxyl groups is 1. The molecule has 1 heterocycles. The second-order valence-electron chi connectivity index (χ2n) is 6.80. The smallest absolute Gasteiger partial charge is 0.355 e. The quantitative estimate of drug-likeness (QED) is 0.440. The van der Waals surface area contributed by atoms with Crippen LogP contribution in [-0.4, -0.2) is 43.3 Å². The molecule has 0 spiro atoms. The van der Waals surface area contributed by atoms with E-state index in [2.05, 4.69) is 10.6 Å². The Hall–Kier alpha value is -3.56. The van der Waals surface area contributed by atoms with E-state index in [0.717, 1.165) is 0 Å².